The first-order chi connectivity index (χ1) is 18.1. The van der Waals surface area contributed by atoms with E-state index in [2.05, 4.69) is 60.1 Å². The van der Waals surface area contributed by atoms with E-state index in [0.717, 1.165) is 80.9 Å². The first kappa shape index (κ1) is 26.5. The number of carbonyl (C=O) groups is 1. The van der Waals surface area contributed by atoms with Crippen molar-refractivity contribution in [3.63, 3.8) is 0 Å². The molecule has 1 N–H and O–H groups in total. The second-order valence-corrected chi connectivity index (χ2v) is 9.75. The summed E-state index contributed by atoms with van der Waals surface area (Å²) in [6.45, 7) is 6.53. The maximum Gasteiger partial charge on any atom is 0.224 e. The number of amides is 1. The zero-order valence-corrected chi connectivity index (χ0v) is 22.2. The Balaban J connectivity index is 1.20. The van der Waals surface area contributed by atoms with Crippen molar-refractivity contribution in [2.75, 3.05) is 13.2 Å². The average molecular weight is 498 g/mol. The summed E-state index contributed by atoms with van der Waals surface area (Å²) in [6, 6.07) is 24.7. The highest BCUT2D eigenvalue weighted by Gasteiger charge is 2.10. The van der Waals surface area contributed by atoms with Gasteiger partial charge in [-0.15, -0.1) is 0 Å². The van der Waals surface area contributed by atoms with E-state index in [1.54, 1.807) is 0 Å². The third-order valence-electron chi connectivity index (χ3n) is 6.87. The lowest BCUT2D eigenvalue weighted by atomic mass is 10.1. The zero-order valence-electron chi connectivity index (χ0n) is 22.2. The second kappa shape index (κ2) is 13.6. The predicted octanol–water partition coefficient (Wildman–Crippen LogP) is 6.58. The van der Waals surface area contributed by atoms with Crippen molar-refractivity contribution in [2.24, 2.45) is 0 Å². The Hall–Kier alpha value is -3.60. The number of nitrogens with zero attached hydrogens (tertiary/aromatic N) is 2. The summed E-state index contributed by atoms with van der Waals surface area (Å²) < 4.78 is 8.36. The number of aryl methyl sites for hydroxylation is 4. The van der Waals surface area contributed by atoms with Crippen LogP contribution in [0.2, 0.25) is 0 Å². The van der Waals surface area contributed by atoms with Crippen molar-refractivity contribution >= 4 is 16.9 Å². The summed E-state index contributed by atoms with van der Waals surface area (Å²) in [5, 5.41) is 3.07. The first-order valence-corrected chi connectivity index (χ1v) is 13.6. The second-order valence-electron chi connectivity index (χ2n) is 9.75. The van der Waals surface area contributed by atoms with Crippen LogP contribution >= 0.6 is 0 Å². The molecule has 0 bridgehead atoms. The molecule has 0 saturated carbocycles. The predicted molar refractivity (Wildman–Crippen MR) is 151 cm³/mol. The lowest BCUT2D eigenvalue weighted by Crippen LogP contribution is -2.26. The number of hydrogen-bond acceptors (Lipinski definition) is 3. The van der Waals surface area contributed by atoms with Crippen LogP contribution in [0.5, 0.6) is 5.75 Å². The summed E-state index contributed by atoms with van der Waals surface area (Å²) in [7, 11) is 0. The van der Waals surface area contributed by atoms with E-state index in [1.807, 2.05) is 36.4 Å². The molecule has 4 rings (SSSR count). The zero-order chi connectivity index (χ0) is 25.9. The lowest BCUT2D eigenvalue weighted by Gasteiger charge is -2.11. The number of aromatic nitrogens is 2. The molecule has 0 aliphatic heterocycles. The van der Waals surface area contributed by atoms with Crippen LogP contribution in [0.25, 0.3) is 11.0 Å². The minimum absolute atomic E-state index is 0.0995. The van der Waals surface area contributed by atoms with Crippen LogP contribution in [0.3, 0.4) is 0 Å². The van der Waals surface area contributed by atoms with E-state index in [9.17, 15) is 4.79 Å². The molecule has 0 fully saturated rings. The number of benzene rings is 3. The highest BCUT2D eigenvalue weighted by molar-refractivity contribution is 5.78. The van der Waals surface area contributed by atoms with Gasteiger partial charge < -0.3 is 14.6 Å². The number of unbranched alkanes of at least 4 members (excludes halogenated alkanes) is 3. The minimum atomic E-state index is 0.0995. The van der Waals surface area contributed by atoms with Gasteiger partial charge in [-0.1, -0.05) is 61.0 Å². The van der Waals surface area contributed by atoms with Crippen LogP contribution in [0.1, 0.15) is 54.6 Å². The SMILES string of the molecule is Cc1ccccc1CC(=O)NCCCCCc1nc2ccccc2n1CCCCOc1ccccc1C. The van der Waals surface area contributed by atoms with Crippen molar-refractivity contribution in [3.8, 4) is 5.75 Å². The van der Waals surface area contributed by atoms with E-state index in [4.69, 9.17) is 9.72 Å². The van der Waals surface area contributed by atoms with Crippen molar-refractivity contribution in [2.45, 2.75) is 65.3 Å². The van der Waals surface area contributed by atoms with E-state index >= 15 is 0 Å². The van der Waals surface area contributed by atoms with E-state index in [0.29, 0.717) is 6.42 Å². The van der Waals surface area contributed by atoms with Gasteiger partial charge in [0.15, 0.2) is 0 Å². The van der Waals surface area contributed by atoms with Gasteiger partial charge in [-0.05, 0) is 74.4 Å². The maximum absolute atomic E-state index is 12.3. The Kier molecular flexibility index (Phi) is 9.75. The number of ether oxygens (including phenoxy) is 1. The third kappa shape index (κ3) is 7.69. The van der Waals surface area contributed by atoms with Crippen LogP contribution in [0.15, 0.2) is 72.8 Å². The molecule has 1 heterocycles. The quantitative estimate of drug-likeness (QED) is 0.200. The fourth-order valence-electron chi connectivity index (χ4n) is 4.69. The fourth-order valence-corrected chi connectivity index (χ4v) is 4.69. The molecule has 0 unspecified atom stereocenters. The molecule has 4 aromatic rings. The van der Waals surface area contributed by atoms with Gasteiger partial charge in [-0.25, -0.2) is 4.98 Å². The number of imidazole rings is 1. The monoisotopic (exact) mass is 497 g/mol. The van der Waals surface area contributed by atoms with Gasteiger partial charge in [0.1, 0.15) is 11.6 Å². The van der Waals surface area contributed by atoms with Crippen LogP contribution in [-0.2, 0) is 24.2 Å². The highest BCUT2D eigenvalue weighted by atomic mass is 16.5. The Morgan fingerprint density at radius 1 is 0.838 bits per heavy atom. The lowest BCUT2D eigenvalue weighted by molar-refractivity contribution is -0.120. The Bertz CT molecular complexity index is 1290. The number of hydrogen-bond donors (Lipinski definition) is 1. The molecule has 0 spiro atoms. The number of rotatable bonds is 14. The van der Waals surface area contributed by atoms with E-state index in [-0.39, 0.29) is 5.91 Å². The van der Waals surface area contributed by atoms with Gasteiger partial charge in [0.25, 0.3) is 0 Å². The molecule has 1 amide bonds. The van der Waals surface area contributed by atoms with E-state index < -0.39 is 0 Å². The number of fused-ring (bicyclic) bond motifs is 1. The molecule has 0 saturated heterocycles. The van der Waals surface area contributed by atoms with Crippen molar-refractivity contribution in [3.05, 3.63) is 95.3 Å². The average Bonchev–Trinajstić information content (AvgIpc) is 3.25. The number of para-hydroxylation sites is 3. The first-order valence-electron chi connectivity index (χ1n) is 13.6. The summed E-state index contributed by atoms with van der Waals surface area (Å²) in [5.41, 5.74) is 5.72. The molecular formula is C32H39N3O2. The molecule has 0 aliphatic carbocycles. The van der Waals surface area contributed by atoms with Gasteiger partial charge in [0.05, 0.1) is 24.1 Å². The van der Waals surface area contributed by atoms with E-state index in [1.165, 1.54) is 16.6 Å². The number of nitrogens with one attached hydrogen (secondary N) is 1. The van der Waals surface area contributed by atoms with Crippen LogP contribution in [0, 0.1) is 13.8 Å². The van der Waals surface area contributed by atoms with Crippen LogP contribution in [-0.4, -0.2) is 28.6 Å². The maximum atomic E-state index is 12.3. The van der Waals surface area contributed by atoms with Crippen molar-refractivity contribution in [1.29, 1.82) is 0 Å². The van der Waals surface area contributed by atoms with Gasteiger partial charge in [-0.2, -0.15) is 0 Å². The molecule has 194 valence electrons. The normalized spacial score (nSPS) is 11.1. The fraction of sp³-hybridized carbons (Fsp3) is 0.375. The Labute approximate surface area is 220 Å². The minimum Gasteiger partial charge on any atom is -0.493 e. The van der Waals surface area contributed by atoms with Crippen molar-refractivity contribution in [1.82, 2.24) is 14.9 Å². The molecule has 0 atom stereocenters. The molecular weight excluding hydrogens is 458 g/mol. The summed E-state index contributed by atoms with van der Waals surface area (Å²) in [4.78, 5) is 17.2. The molecule has 5 heteroatoms. The molecule has 0 aliphatic rings. The molecule has 3 aromatic carbocycles. The number of carbonyl (C=O) groups excluding carboxylic acids is 1. The van der Waals surface area contributed by atoms with Crippen LogP contribution < -0.4 is 10.1 Å². The molecule has 5 nitrogen and oxygen atoms in total. The van der Waals surface area contributed by atoms with Crippen LogP contribution in [0.4, 0.5) is 0 Å². The molecule has 1 aromatic heterocycles. The molecule has 0 radical (unpaired) electrons. The van der Waals surface area contributed by atoms with Gasteiger partial charge in [0.2, 0.25) is 5.91 Å². The Morgan fingerprint density at radius 3 is 2.43 bits per heavy atom. The van der Waals surface area contributed by atoms with Gasteiger partial charge >= 0.3 is 0 Å². The Morgan fingerprint density at radius 2 is 1.59 bits per heavy atom. The third-order valence-corrected chi connectivity index (χ3v) is 6.87. The standard InChI is InChI=1S/C32H39N3O2/c1-25-14-5-7-16-27(25)24-32(36)33-21-11-3-4-20-31-34-28-17-8-9-18-29(28)35(31)22-12-13-23-37-30-19-10-6-15-26(30)2/h5-10,14-19H,3-4,11-13,20-24H2,1-2H3,(H,33,36). The van der Waals surface area contributed by atoms with Crippen molar-refractivity contribution < 1.29 is 9.53 Å². The summed E-state index contributed by atoms with van der Waals surface area (Å²) in [5.74, 6) is 2.23. The largest absolute Gasteiger partial charge is 0.493 e. The smallest absolute Gasteiger partial charge is 0.224 e. The van der Waals surface area contributed by atoms with Gasteiger partial charge in [-0.3, -0.25) is 4.79 Å². The summed E-state index contributed by atoms with van der Waals surface area (Å²) in [6.07, 6.45) is 6.56. The topological polar surface area (TPSA) is 56.2 Å². The molecule has 37 heavy (non-hydrogen) atoms. The van der Waals surface area contributed by atoms with Gasteiger partial charge in [0, 0.05) is 19.5 Å². The highest BCUT2D eigenvalue weighted by Crippen LogP contribution is 2.20. The summed E-state index contributed by atoms with van der Waals surface area (Å²) >= 11 is 0.